The Morgan fingerprint density at radius 2 is 1.77 bits per heavy atom. The van der Waals surface area contributed by atoms with E-state index < -0.39 is 8.32 Å². The summed E-state index contributed by atoms with van der Waals surface area (Å²) in [6, 6.07) is 0.254. The van der Waals surface area contributed by atoms with Crippen LogP contribution in [0.4, 0.5) is 0 Å². The van der Waals surface area contributed by atoms with Crippen molar-refractivity contribution in [1.29, 1.82) is 0 Å². The highest BCUT2D eigenvalue weighted by atomic mass is 28.4. The SMILES string of the molecule is C[C@H](N)CCO[Si](C)(C)C(C)(C)C. The first-order chi connectivity index (χ1) is 5.67. The molecule has 0 rings (SSSR count). The van der Waals surface area contributed by atoms with Crippen LogP contribution in [-0.2, 0) is 4.43 Å². The summed E-state index contributed by atoms with van der Waals surface area (Å²) in [5, 5.41) is 0.310. The molecule has 13 heavy (non-hydrogen) atoms. The van der Waals surface area contributed by atoms with E-state index in [1.54, 1.807) is 0 Å². The van der Waals surface area contributed by atoms with Crippen molar-refractivity contribution in [3.8, 4) is 0 Å². The Kier molecular flexibility index (Phi) is 4.62. The molecule has 0 amide bonds. The Morgan fingerprint density at radius 3 is 2.08 bits per heavy atom. The molecule has 0 aromatic heterocycles. The molecule has 1 atom stereocenters. The normalized spacial score (nSPS) is 15.9. The second-order valence-corrected chi connectivity index (χ2v) is 10.2. The summed E-state index contributed by atoms with van der Waals surface area (Å²) in [5.74, 6) is 0. The summed E-state index contributed by atoms with van der Waals surface area (Å²) >= 11 is 0. The lowest BCUT2D eigenvalue weighted by molar-refractivity contribution is 0.274. The van der Waals surface area contributed by atoms with E-state index in [1.807, 2.05) is 6.92 Å². The van der Waals surface area contributed by atoms with Crippen LogP contribution in [0.5, 0.6) is 0 Å². The van der Waals surface area contributed by atoms with E-state index in [0.717, 1.165) is 13.0 Å². The quantitative estimate of drug-likeness (QED) is 0.713. The third-order valence-corrected chi connectivity index (χ3v) is 7.38. The van der Waals surface area contributed by atoms with E-state index in [2.05, 4.69) is 33.9 Å². The highest BCUT2D eigenvalue weighted by molar-refractivity contribution is 6.74. The minimum absolute atomic E-state index is 0.254. The minimum Gasteiger partial charge on any atom is -0.417 e. The molecule has 0 spiro atoms. The van der Waals surface area contributed by atoms with E-state index in [4.69, 9.17) is 10.2 Å². The molecule has 80 valence electrons. The van der Waals surface area contributed by atoms with E-state index >= 15 is 0 Å². The van der Waals surface area contributed by atoms with Gasteiger partial charge in [0.05, 0.1) is 0 Å². The summed E-state index contributed by atoms with van der Waals surface area (Å²) < 4.78 is 5.96. The van der Waals surface area contributed by atoms with Gasteiger partial charge in [-0.25, -0.2) is 0 Å². The van der Waals surface area contributed by atoms with Gasteiger partial charge in [-0.2, -0.15) is 0 Å². The fraction of sp³-hybridized carbons (Fsp3) is 1.00. The zero-order valence-electron chi connectivity index (χ0n) is 9.98. The Bertz CT molecular complexity index is 149. The van der Waals surface area contributed by atoms with Crippen molar-refractivity contribution in [2.24, 2.45) is 5.73 Å². The molecule has 0 saturated heterocycles. The molecular weight excluding hydrogens is 178 g/mol. The summed E-state index contributed by atoms with van der Waals surface area (Å²) in [5.41, 5.74) is 5.67. The molecule has 0 aliphatic heterocycles. The zero-order chi connectivity index (χ0) is 10.7. The molecule has 0 heterocycles. The van der Waals surface area contributed by atoms with Gasteiger partial charge in [0, 0.05) is 12.6 Å². The number of hydrogen-bond donors (Lipinski definition) is 1. The van der Waals surface area contributed by atoms with Crippen molar-refractivity contribution in [3.05, 3.63) is 0 Å². The second kappa shape index (κ2) is 4.58. The van der Waals surface area contributed by atoms with E-state index in [1.165, 1.54) is 0 Å². The molecule has 0 bridgehead atoms. The average Bonchev–Trinajstić information content (AvgIpc) is 1.82. The van der Waals surface area contributed by atoms with Crippen molar-refractivity contribution < 1.29 is 4.43 Å². The lowest BCUT2D eigenvalue weighted by atomic mass is 10.2. The van der Waals surface area contributed by atoms with E-state index in [-0.39, 0.29) is 6.04 Å². The number of rotatable bonds is 4. The monoisotopic (exact) mass is 203 g/mol. The molecule has 0 aliphatic carbocycles. The van der Waals surface area contributed by atoms with Gasteiger partial charge in [0.15, 0.2) is 8.32 Å². The van der Waals surface area contributed by atoms with Gasteiger partial charge in [0.25, 0.3) is 0 Å². The molecule has 2 nitrogen and oxygen atoms in total. The highest BCUT2D eigenvalue weighted by Gasteiger charge is 2.36. The summed E-state index contributed by atoms with van der Waals surface area (Å²) in [6.45, 7) is 14.1. The average molecular weight is 203 g/mol. The lowest BCUT2D eigenvalue weighted by Crippen LogP contribution is -2.41. The predicted molar refractivity (Wildman–Crippen MR) is 61.4 cm³/mol. The van der Waals surface area contributed by atoms with Gasteiger partial charge < -0.3 is 10.2 Å². The molecular formula is C10H25NOSi. The maximum Gasteiger partial charge on any atom is 0.191 e. The Balaban J connectivity index is 3.90. The van der Waals surface area contributed by atoms with Gasteiger partial charge in [-0.1, -0.05) is 20.8 Å². The number of nitrogens with two attached hydrogens (primary N) is 1. The van der Waals surface area contributed by atoms with Crippen LogP contribution in [0.1, 0.15) is 34.1 Å². The first-order valence-electron chi connectivity index (χ1n) is 5.06. The zero-order valence-corrected chi connectivity index (χ0v) is 11.0. The second-order valence-electron chi connectivity index (χ2n) is 5.37. The molecule has 0 unspecified atom stereocenters. The first kappa shape index (κ1) is 13.1. The molecule has 0 saturated carbocycles. The van der Waals surface area contributed by atoms with Crippen LogP contribution in [-0.4, -0.2) is 21.0 Å². The molecule has 3 heteroatoms. The smallest absolute Gasteiger partial charge is 0.191 e. The lowest BCUT2D eigenvalue weighted by Gasteiger charge is -2.36. The van der Waals surface area contributed by atoms with Gasteiger partial charge in [-0.15, -0.1) is 0 Å². The fourth-order valence-electron chi connectivity index (χ4n) is 0.716. The minimum atomic E-state index is -1.53. The molecule has 0 radical (unpaired) electrons. The van der Waals surface area contributed by atoms with Gasteiger partial charge >= 0.3 is 0 Å². The Hall–Kier alpha value is 0.137. The maximum atomic E-state index is 5.96. The first-order valence-corrected chi connectivity index (χ1v) is 7.97. The summed E-state index contributed by atoms with van der Waals surface area (Å²) in [7, 11) is -1.53. The van der Waals surface area contributed by atoms with Gasteiger partial charge in [-0.05, 0) is 31.5 Å². The topological polar surface area (TPSA) is 35.2 Å². The van der Waals surface area contributed by atoms with Crippen LogP contribution in [0.15, 0.2) is 0 Å². The van der Waals surface area contributed by atoms with Gasteiger partial charge in [0.1, 0.15) is 0 Å². The standard InChI is InChI=1S/C10H25NOSi/c1-9(11)7-8-12-13(5,6)10(2,3)4/h9H,7-8,11H2,1-6H3/t9-/m0/s1. The predicted octanol–water partition coefficient (Wildman–Crippen LogP) is 2.75. The van der Waals surface area contributed by atoms with Crippen LogP contribution in [0.25, 0.3) is 0 Å². The van der Waals surface area contributed by atoms with Crippen LogP contribution in [0.3, 0.4) is 0 Å². The molecule has 0 aliphatic rings. The summed E-state index contributed by atoms with van der Waals surface area (Å²) in [6.07, 6.45) is 0.965. The van der Waals surface area contributed by atoms with Crippen molar-refractivity contribution in [2.75, 3.05) is 6.61 Å². The van der Waals surface area contributed by atoms with E-state index in [9.17, 15) is 0 Å². The third-order valence-electron chi connectivity index (χ3n) is 2.84. The fourth-order valence-corrected chi connectivity index (χ4v) is 1.78. The molecule has 0 fully saturated rings. The molecule has 2 N–H and O–H groups in total. The summed E-state index contributed by atoms with van der Waals surface area (Å²) in [4.78, 5) is 0. The molecule has 0 aromatic carbocycles. The van der Waals surface area contributed by atoms with Crippen LogP contribution < -0.4 is 5.73 Å². The van der Waals surface area contributed by atoms with Gasteiger partial charge in [0.2, 0.25) is 0 Å². The maximum absolute atomic E-state index is 5.96. The van der Waals surface area contributed by atoms with E-state index in [0.29, 0.717) is 5.04 Å². The van der Waals surface area contributed by atoms with Crippen LogP contribution in [0, 0.1) is 0 Å². The third kappa shape index (κ3) is 4.79. The number of hydrogen-bond acceptors (Lipinski definition) is 2. The largest absolute Gasteiger partial charge is 0.417 e. The van der Waals surface area contributed by atoms with Crippen molar-refractivity contribution in [3.63, 3.8) is 0 Å². The van der Waals surface area contributed by atoms with Crippen molar-refractivity contribution in [2.45, 2.75) is 58.3 Å². The Morgan fingerprint density at radius 1 is 1.31 bits per heavy atom. The van der Waals surface area contributed by atoms with Gasteiger partial charge in [-0.3, -0.25) is 0 Å². The van der Waals surface area contributed by atoms with Crippen molar-refractivity contribution in [1.82, 2.24) is 0 Å². The Labute approximate surface area is 84.0 Å². The van der Waals surface area contributed by atoms with Crippen LogP contribution >= 0.6 is 0 Å². The van der Waals surface area contributed by atoms with Crippen LogP contribution in [0.2, 0.25) is 18.1 Å². The van der Waals surface area contributed by atoms with Crippen molar-refractivity contribution >= 4 is 8.32 Å². The molecule has 0 aromatic rings. The highest BCUT2D eigenvalue weighted by Crippen LogP contribution is 2.36.